The van der Waals surface area contributed by atoms with Gasteiger partial charge in [-0.05, 0) is 25.5 Å². The third-order valence-electron chi connectivity index (χ3n) is 2.65. The van der Waals surface area contributed by atoms with Crippen LogP contribution < -0.4 is 5.32 Å². The van der Waals surface area contributed by atoms with Crippen molar-refractivity contribution in [3.63, 3.8) is 0 Å². The minimum Gasteiger partial charge on any atom is -0.481 e. The van der Waals surface area contributed by atoms with Gasteiger partial charge in [0.15, 0.2) is 0 Å². The maximum atomic E-state index is 11.4. The van der Waals surface area contributed by atoms with Gasteiger partial charge in [0, 0.05) is 12.7 Å². The number of ether oxygens (including phenoxy) is 1. The fourth-order valence-corrected chi connectivity index (χ4v) is 1.47. The minimum absolute atomic E-state index is 0.303. The predicted octanol–water partition coefficient (Wildman–Crippen LogP) is 1.78. The Morgan fingerprint density at radius 2 is 2.16 bits per heavy atom. The van der Waals surface area contributed by atoms with Crippen molar-refractivity contribution >= 4 is 17.8 Å². The Hall–Kier alpha value is -2.11. The van der Waals surface area contributed by atoms with E-state index in [1.165, 1.54) is 6.20 Å². The molecule has 0 aliphatic heterocycles. The average molecular weight is 266 g/mol. The number of carbonyl (C=O) groups excluding carboxylic acids is 1. The molecular weight excluding hydrogens is 248 g/mol. The van der Waals surface area contributed by atoms with Crippen LogP contribution in [0.15, 0.2) is 18.3 Å². The van der Waals surface area contributed by atoms with Gasteiger partial charge in [0.2, 0.25) is 0 Å². The van der Waals surface area contributed by atoms with Crippen LogP contribution in [0.2, 0.25) is 0 Å². The van der Waals surface area contributed by atoms with Crippen LogP contribution in [0.3, 0.4) is 0 Å². The van der Waals surface area contributed by atoms with E-state index < -0.39 is 17.9 Å². The van der Waals surface area contributed by atoms with Crippen LogP contribution in [0.1, 0.15) is 30.6 Å². The highest BCUT2D eigenvalue weighted by Crippen LogP contribution is 2.09. The van der Waals surface area contributed by atoms with Crippen LogP contribution in [-0.2, 0) is 9.53 Å². The van der Waals surface area contributed by atoms with Crippen molar-refractivity contribution in [3.8, 4) is 0 Å². The van der Waals surface area contributed by atoms with E-state index in [4.69, 9.17) is 9.84 Å². The summed E-state index contributed by atoms with van der Waals surface area (Å²) < 4.78 is 4.84. The number of hydrogen-bond donors (Lipinski definition) is 2. The van der Waals surface area contributed by atoms with E-state index in [1.54, 1.807) is 19.1 Å². The number of carboxylic acid groups (broad SMARTS) is 1. The number of hydrogen-bond acceptors (Lipinski definition) is 5. The Morgan fingerprint density at radius 3 is 2.63 bits per heavy atom. The number of aliphatic carboxylic acids is 1. The van der Waals surface area contributed by atoms with E-state index in [2.05, 4.69) is 10.3 Å². The third kappa shape index (κ3) is 4.57. The van der Waals surface area contributed by atoms with Crippen molar-refractivity contribution in [1.82, 2.24) is 4.98 Å². The smallest absolute Gasteiger partial charge is 0.339 e. The standard InChI is InChI=1S/C13H18N2O4/c1-3-9(12(16)17)7-14-11-6-5-10(8-15-11)13(18)19-4-2/h5-6,8-9H,3-4,7H2,1-2H3,(H,14,15)(H,16,17). The number of esters is 1. The number of carboxylic acids is 1. The van der Waals surface area contributed by atoms with E-state index >= 15 is 0 Å². The molecule has 0 bridgehead atoms. The molecule has 1 unspecified atom stereocenters. The van der Waals surface area contributed by atoms with Gasteiger partial charge in [-0.2, -0.15) is 0 Å². The molecule has 0 amide bonds. The Kier molecular flexibility index (Phi) is 5.78. The maximum Gasteiger partial charge on any atom is 0.339 e. The summed E-state index contributed by atoms with van der Waals surface area (Å²) in [5.41, 5.74) is 0.373. The molecule has 0 aliphatic rings. The molecule has 19 heavy (non-hydrogen) atoms. The first kappa shape index (κ1) is 14.9. The van der Waals surface area contributed by atoms with E-state index in [9.17, 15) is 9.59 Å². The van der Waals surface area contributed by atoms with Crippen LogP contribution in [0, 0.1) is 5.92 Å². The first-order chi connectivity index (χ1) is 9.08. The van der Waals surface area contributed by atoms with Gasteiger partial charge in [-0.25, -0.2) is 9.78 Å². The number of nitrogens with zero attached hydrogens (tertiary/aromatic N) is 1. The van der Waals surface area contributed by atoms with E-state index in [0.717, 1.165) is 0 Å². The molecule has 1 atom stereocenters. The number of carbonyl (C=O) groups is 2. The Morgan fingerprint density at radius 1 is 1.42 bits per heavy atom. The summed E-state index contributed by atoms with van der Waals surface area (Å²) in [6.45, 7) is 4.17. The van der Waals surface area contributed by atoms with Crippen molar-refractivity contribution < 1.29 is 19.4 Å². The molecule has 1 rings (SSSR count). The molecule has 1 aromatic heterocycles. The lowest BCUT2D eigenvalue weighted by Crippen LogP contribution is -2.22. The SMILES string of the molecule is CCOC(=O)c1ccc(NCC(CC)C(=O)O)nc1. The minimum atomic E-state index is -0.835. The van der Waals surface area contributed by atoms with Crippen LogP contribution in [0.25, 0.3) is 0 Å². The molecule has 0 aliphatic carbocycles. The molecule has 1 heterocycles. The monoisotopic (exact) mass is 266 g/mol. The summed E-state index contributed by atoms with van der Waals surface area (Å²) in [4.78, 5) is 26.3. The zero-order valence-electron chi connectivity index (χ0n) is 11.0. The number of aromatic nitrogens is 1. The van der Waals surface area contributed by atoms with Crippen LogP contribution in [0.5, 0.6) is 0 Å². The van der Waals surface area contributed by atoms with Gasteiger partial charge in [0.1, 0.15) is 5.82 Å². The lowest BCUT2D eigenvalue weighted by molar-refractivity contribution is -0.141. The van der Waals surface area contributed by atoms with E-state index in [1.807, 2.05) is 6.92 Å². The third-order valence-corrected chi connectivity index (χ3v) is 2.65. The molecule has 0 spiro atoms. The van der Waals surface area contributed by atoms with Gasteiger partial charge in [-0.3, -0.25) is 4.79 Å². The van der Waals surface area contributed by atoms with Gasteiger partial charge < -0.3 is 15.2 Å². The fraction of sp³-hybridized carbons (Fsp3) is 0.462. The van der Waals surface area contributed by atoms with Crippen LogP contribution in [0.4, 0.5) is 5.82 Å². The van der Waals surface area contributed by atoms with Crippen molar-refractivity contribution in [2.24, 2.45) is 5.92 Å². The second-order valence-corrected chi connectivity index (χ2v) is 3.98. The molecular formula is C13H18N2O4. The Balaban J connectivity index is 2.57. The number of rotatable bonds is 7. The lowest BCUT2D eigenvalue weighted by Gasteiger charge is -2.11. The number of pyridine rings is 1. The van der Waals surface area contributed by atoms with Gasteiger partial charge in [-0.15, -0.1) is 0 Å². The molecule has 0 aromatic carbocycles. The molecule has 6 nitrogen and oxygen atoms in total. The maximum absolute atomic E-state index is 11.4. The van der Waals surface area contributed by atoms with Crippen LogP contribution >= 0.6 is 0 Å². The summed E-state index contributed by atoms with van der Waals surface area (Å²) in [6.07, 6.45) is 1.95. The predicted molar refractivity (Wildman–Crippen MR) is 70.1 cm³/mol. The first-order valence-corrected chi connectivity index (χ1v) is 6.18. The zero-order chi connectivity index (χ0) is 14.3. The van der Waals surface area contributed by atoms with Crippen molar-refractivity contribution in [2.45, 2.75) is 20.3 Å². The van der Waals surface area contributed by atoms with E-state index in [-0.39, 0.29) is 0 Å². The molecule has 0 saturated heterocycles. The van der Waals surface area contributed by atoms with E-state index in [0.29, 0.717) is 31.0 Å². The van der Waals surface area contributed by atoms with Gasteiger partial charge >= 0.3 is 11.9 Å². The van der Waals surface area contributed by atoms with Crippen molar-refractivity contribution in [2.75, 3.05) is 18.5 Å². The van der Waals surface area contributed by atoms with Gasteiger partial charge in [0.05, 0.1) is 18.1 Å². The normalized spacial score (nSPS) is 11.7. The second kappa shape index (κ2) is 7.35. The Labute approximate surface area is 111 Å². The van der Waals surface area contributed by atoms with Crippen molar-refractivity contribution in [1.29, 1.82) is 0 Å². The highest BCUT2D eigenvalue weighted by Gasteiger charge is 2.14. The lowest BCUT2D eigenvalue weighted by atomic mass is 10.1. The largest absolute Gasteiger partial charge is 0.481 e. The summed E-state index contributed by atoms with van der Waals surface area (Å²) >= 11 is 0. The second-order valence-electron chi connectivity index (χ2n) is 3.98. The molecule has 0 radical (unpaired) electrons. The topological polar surface area (TPSA) is 88.5 Å². The molecule has 6 heteroatoms. The van der Waals surface area contributed by atoms with Crippen molar-refractivity contribution in [3.05, 3.63) is 23.9 Å². The summed E-state index contributed by atoms with van der Waals surface area (Å²) in [7, 11) is 0. The molecule has 0 saturated carbocycles. The van der Waals surface area contributed by atoms with Crippen LogP contribution in [-0.4, -0.2) is 35.2 Å². The summed E-state index contributed by atoms with van der Waals surface area (Å²) in [5, 5.41) is 11.8. The number of anilines is 1. The molecule has 2 N–H and O–H groups in total. The first-order valence-electron chi connectivity index (χ1n) is 6.18. The molecule has 104 valence electrons. The average Bonchev–Trinajstić information content (AvgIpc) is 2.40. The number of nitrogens with one attached hydrogen (secondary N) is 1. The summed E-state index contributed by atoms with van der Waals surface area (Å²) in [6, 6.07) is 3.22. The highest BCUT2D eigenvalue weighted by atomic mass is 16.5. The quantitative estimate of drug-likeness (QED) is 0.731. The highest BCUT2D eigenvalue weighted by molar-refractivity contribution is 5.89. The van der Waals surface area contributed by atoms with Gasteiger partial charge in [-0.1, -0.05) is 6.92 Å². The Bertz CT molecular complexity index is 431. The fourth-order valence-electron chi connectivity index (χ4n) is 1.47. The van der Waals surface area contributed by atoms with Gasteiger partial charge in [0.25, 0.3) is 0 Å². The molecule has 0 fully saturated rings. The summed E-state index contributed by atoms with van der Waals surface area (Å²) in [5.74, 6) is -1.17. The zero-order valence-corrected chi connectivity index (χ0v) is 11.0. The molecule has 1 aromatic rings.